The van der Waals surface area contributed by atoms with Gasteiger partial charge < -0.3 is 20.1 Å². The third-order valence-electron chi connectivity index (χ3n) is 4.40. The van der Waals surface area contributed by atoms with Crippen molar-refractivity contribution in [3.05, 3.63) is 45.7 Å². The number of aromatic hydroxyl groups is 1. The van der Waals surface area contributed by atoms with Gasteiger partial charge >= 0.3 is 5.97 Å². The predicted molar refractivity (Wildman–Crippen MR) is 92.1 cm³/mol. The zero-order valence-electron chi connectivity index (χ0n) is 13.7. The number of aromatic carboxylic acids is 1. The van der Waals surface area contributed by atoms with Crippen LogP contribution < -0.4 is 10.5 Å². The number of nitrogens with zero attached hydrogens (tertiary/aromatic N) is 1. The van der Waals surface area contributed by atoms with Gasteiger partial charge in [0.25, 0.3) is 5.56 Å². The van der Waals surface area contributed by atoms with Crippen LogP contribution in [0.2, 0.25) is 0 Å². The van der Waals surface area contributed by atoms with Gasteiger partial charge in [0, 0.05) is 24.2 Å². The van der Waals surface area contributed by atoms with E-state index in [1.54, 1.807) is 36.1 Å². The van der Waals surface area contributed by atoms with Gasteiger partial charge in [0.15, 0.2) is 5.56 Å². The van der Waals surface area contributed by atoms with Crippen LogP contribution in [0.4, 0.5) is 5.69 Å². The van der Waals surface area contributed by atoms with E-state index >= 15 is 0 Å². The summed E-state index contributed by atoms with van der Waals surface area (Å²) >= 11 is 0. The first-order valence-electron chi connectivity index (χ1n) is 8.06. The van der Waals surface area contributed by atoms with Crippen molar-refractivity contribution in [2.45, 2.75) is 26.2 Å². The molecule has 3 rings (SSSR count). The molecule has 0 unspecified atom stereocenters. The molecule has 3 N–H and O–H groups in total. The average Bonchev–Trinajstić information content (AvgIpc) is 3.00. The smallest absolute Gasteiger partial charge is 0.345 e. The average molecular weight is 342 g/mol. The maximum Gasteiger partial charge on any atom is 0.345 e. The van der Waals surface area contributed by atoms with Gasteiger partial charge in [-0.05, 0) is 30.5 Å². The van der Waals surface area contributed by atoms with Crippen LogP contribution in [0.25, 0.3) is 11.3 Å². The Hall–Kier alpha value is -3.09. The van der Waals surface area contributed by atoms with Crippen LogP contribution in [0.5, 0.6) is 5.75 Å². The molecule has 0 saturated carbocycles. The van der Waals surface area contributed by atoms with E-state index in [1.807, 2.05) is 0 Å². The number of anilines is 1. The van der Waals surface area contributed by atoms with Gasteiger partial charge in [-0.2, -0.15) is 0 Å². The molecular weight excluding hydrogens is 324 g/mol. The fourth-order valence-corrected chi connectivity index (χ4v) is 3.15. The van der Waals surface area contributed by atoms with E-state index in [2.05, 4.69) is 4.98 Å². The molecule has 7 nitrogen and oxygen atoms in total. The summed E-state index contributed by atoms with van der Waals surface area (Å²) in [6.07, 6.45) is 1.72. The number of aromatic amines is 1. The molecule has 1 amide bonds. The maximum atomic E-state index is 12.0. The number of nitrogens with one attached hydrogen (secondary N) is 1. The number of hydrogen-bond acceptors (Lipinski definition) is 4. The molecular formula is C18H18N2O5. The molecule has 0 radical (unpaired) electrons. The first-order valence-corrected chi connectivity index (χ1v) is 8.06. The number of carboxylic acid groups (broad SMARTS) is 1. The first kappa shape index (κ1) is 16.8. The lowest BCUT2D eigenvalue weighted by atomic mass is 10.0. The molecule has 25 heavy (non-hydrogen) atoms. The second-order valence-electron chi connectivity index (χ2n) is 5.89. The van der Waals surface area contributed by atoms with Crippen LogP contribution in [0.3, 0.4) is 0 Å². The Morgan fingerprint density at radius 2 is 1.92 bits per heavy atom. The summed E-state index contributed by atoms with van der Waals surface area (Å²) < 4.78 is 0. The minimum atomic E-state index is -1.47. The summed E-state index contributed by atoms with van der Waals surface area (Å²) in [5, 5.41) is 19.3. The van der Waals surface area contributed by atoms with Gasteiger partial charge in [-0.15, -0.1) is 0 Å². The summed E-state index contributed by atoms with van der Waals surface area (Å²) in [6, 6.07) is 7.04. The molecule has 1 aromatic heterocycles. The number of rotatable bonds is 4. The molecule has 1 aliphatic heterocycles. The summed E-state index contributed by atoms with van der Waals surface area (Å²) in [5.41, 5.74) is 0.654. The van der Waals surface area contributed by atoms with E-state index in [0.29, 0.717) is 36.2 Å². The van der Waals surface area contributed by atoms with Crippen molar-refractivity contribution in [2.75, 3.05) is 11.4 Å². The lowest BCUT2D eigenvalue weighted by Gasteiger charge is -2.17. The Bertz CT molecular complexity index is 899. The van der Waals surface area contributed by atoms with Gasteiger partial charge in [0.1, 0.15) is 5.75 Å². The van der Waals surface area contributed by atoms with Crippen molar-refractivity contribution in [1.29, 1.82) is 0 Å². The molecule has 0 spiro atoms. The third-order valence-corrected chi connectivity index (χ3v) is 4.40. The highest BCUT2D eigenvalue weighted by Crippen LogP contribution is 2.31. The zero-order chi connectivity index (χ0) is 18.1. The molecule has 130 valence electrons. The highest BCUT2D eigenvalue weighted by atomic mass is 16.4. The topological polar surface area (TPSA) is 111 Å². The summed E-state index contributed by atoms with van der Waals surface area (Å²) in [7, 11) is 0. The lowest BCUT2D eigenvalue weighted by Crippen LogP contribution is -2.23. The number of carbonyl (C=O) groups is 2. The van der Waals surface area contributed by atoms with E-state index in [1.165, 1.54) is 0 Å². The maximum absolute atomic E-state index is 12.0. The molecule has 0 bridgehead atoms. The van der Waals surface area contributed by atoms with Crippen LogP contribution in [0.15, 0.2) is 29.1 Å². The number of amides is 1. The molecule has 1 aliphatic rings. The largest absolute Gasteiger partial charge is 0.506 e. The fourth-order valence-electron chi connectivity index (χ4n) is 3.15. The second-order valence-corrected chi connectivity index (χ2v) is 5.89. The molecule has 0 aliphatic carbocycles. The van der Waals surface area contributed by atoms with Crippen molar-refractivity contribution in [3.8, 4) is 17.0 Å². The number of carboxylic acids is 1. The Kier molecular flexibility index (Phi) is 4.31. The van der Waals surface area contributed by atoms with Gasteiger partial charge in [-0.1, -0.05) is 19.1 Å². The Morgan fingerprint density at radius 1 is 1.24 bits per heavy atom. The zero-order valence-corrected chi connectivity index (χ0v) is 13.7. The quantitative estimate of drug-likeness (QED) is 0.788. The molecule has 1 saturated heterocycles. The van der Waals surface area contributed by atoms with Gasteiger partial charge in [-0.3, -0.25) is 9.59 Å². The molecule has 1 aromatic carbocycles. The molecule has 0 atom stereocenters. The van der Waals surface area contributed by atoms with E-state index < -0.39 is 22.8 Å². The van der Waals surface area contributed by atoms with Crippen molar-refractivity contribution >= 4 is 17.6 Å². The van der Waals surface area contributed by atoms with E-state index in [4.69, 9.17) is 5.11 Å². The fraction of sp³-hybridized carbons (Fsp3) is 0.278. The molecule has 7 heteroatoms. The first-order chi connectivity index (χ1) is 11.9. The van der Waals surface area contributed by atoms with E-state index in [9.17, 15) is 19.5 Å². The van der Waals surface area contributed by atoms with Crippen LogP contribution in [0.1, 0.15) is 35.7 Å². The minimum absolute atomic E-state index is 0.0823. The number of aromatic nitrogens is 1. The van der Waals surface area contributed by atoms with E-state index in [-0.39, 0.29) is 5.91 Å². The van der Waals surface area contributed by atoms with Crippen LogP contribution in [-0.2, 0) is 11.2 Å². The van der Waals surface area contributed by atoms with Gasteiger partial charge in [0.2, 0.25) is 5.91 Å². The van der Waals surface area contributed by atoms with Crippen molar-refractivity contribution in [1.82, 2.24) is 4.98 Å². The lowest BCUT2D eigenvalue weighted by molar-refractivity contribution is -0.117. The molecule has 2 heterocycles. The van der Waals surface area contributed by atoms with Crippen molar-refractivity contribution in [3.63, 3.8) is 0 Å². The second kappa shape index (κ2) is 6.43. The summed E-state index contributed by atoms with van der Waals surface area (Å²) in [5.74, 6) is -1.89. The Balaban J connectivity index is 2.06. The number of benzene rings is 1. The van der Waals surface area contributed by atoms with Crippen LogP contribution in [-0.4, -0.2) is 33.6 Å². The standard InChI is InChI=1S/C18H18N2O5/c1-2-12-15(19-17(23)14(16(12)22)18(24)25)10-5-7-11(8-6-10)20-9-3-4-13(20)21/h5-8H,2-4,9H2,1H3,(H,24,25)(H2,19,22,23). The monoisotopic (exact) mass is 342 g/mol. The van der Waals surface area contributed by atoms with Crippen molar-refractivity contribution < 1.29 is 19.8 Å². The number of H-pyrrole nitrogens is 1. The summed E-state index contributed by atoms with van der Waals surface area (Å²) in [4.78, 5) is 39.2. The minimum Gasteiger partial charge on any atom is -0.506 e. The molecule has 2 aromatic rings. The third kappa shape index (κ3) is 2.88. The Morgan fingerprint density at radius 3 is 2.44 bits per heavy atom. The van der Waals surface area contributed by atoms with Gasteiger partial charge in [-0.25, -0.2) is 4.79 Å². The number of pyridine rings is 1. The highest BCUT2D eigenvalue weighted by Gasteiger charge is 2.23. The highest BCUT2D eigenvalue weighted by molar-refractivity contribution is 5.95. The van der Waals surface area contributed by atoms with E-state index in [0.717, 1.165) is 12.1 Å². The Labute approximate surface area is 143 Å². The molecule has 1 fully saturated rings. The van der Waals surface area contributed by atoms with Crippen LogP contribution >= 0.6 is 0 Å². The van der Waals surface area contributed by atoms with Gasteiger partial charge in [0.05, 0.1) is 5.69 Å². The summed E-state index contributed by atoms with van der Waals surface area (Å²) in [6.45, 7) is 2.45. The number of hydrogen-bond donors (Lipinski definition) is 3. The SMILES string of the molecule is CCc1c(-c2ccc(N3CCCC3=O)cc2)[nH]c(=O)c(C(=O)O)c1O. The van der Waals surface area contributed by atoms with Crippen molar-refractivity contribution in [2.24, 2.45) is 0 Å². The predicted octanol–water partition coefficient (Wildman–Crippen LogP) is 2.13. The van der Waals surface area contributed by atoms with Crippen LogP contribution in [0, 0.1) is 0 Å². The normalized spacial score (nSPS) is 14.1. The number of carbonyl (C=O) groups excluding carboxylic acids is 1.